The van der Waals surface area contributed by atoms with Crippen LogP contribution in [0.1, 0.15) is 43.3 Å². The van der Waals surface area contributed by atoms with Gasteiger partial charge in [-0.15, -0.1) is 0 Å². The molecule has 132 valence electrons. The van der Waals surface area contributed by atoms with Crippen LogP contribution in [0.3, 0.4) is 0 Å². The van der Waals surface area contributed by atoms with Gasteiger partial charge in [0.25, 0.3) is 0 Å². The van der Waals surface area contributed by atoms with E-state index in [1.54, 1.807) is 0 Å². The van der Waals surface area contributed by atoms with E-state index in [0.717, 1.165) is 56.8 Å². The van der Waals surface area contributed by atoms with Crippen LogP contribution < -0.4 is 4.90 Å². The second-order valence-electron chi connectivity index (χ2n) is 6.97. The number of para-hydroxylation sites is 1. The highest BCUT2D eigenvalue weighted by Crippen LogP contribution is 2.30. The summed E-state index contributed by atoms with van der Waals surface area (Å²) in [6.07, 6.45) is 3.96. The average Bonchev–Trinajstić information content (AvgIpc) is 3.09. The summed E-state index contributed by atoms with van der Waals surface area (Å²) in [6, 6.07) is 10.0. The minimum absolute atomic E-state index is 0.00177. The van der Waals surface area contributed by atoms with Gasteiger partial charge in [0.2, 0.25) is 11.8 Å². The standard InChI is InChI=1S/C19H24N4O2/c1-14-20-18(21-25-14)15-9-12-22(13-10-15)17-8-5-11-23(19(17)24)16-6-3-2-4-7-16/h2-4,6-7,15,17H,5,8-13H2,1H3/t17-/m0/s1. The Hall–Kier alpha value is -2.21. The van der Waals surface area contributed by atoms with Crippen LogP contribution in [0, 0.1) is 6.92 Å². The molecule has 1 amide bonds. The molecule has 0 spiro atoms. The van der Waals surface area contributed by atoms with Crippen LogP contribution >= 0.6 is 0 Å². The number of carbonyl (C=O) groups excluding carboxylic acids is 1. The molecular weight excluding hydrogens is 316 g/mol. The van der Waals surface area contributed by atoms with E-state index in [0.29, 0.717) is 11.8 Å². The van der Waals surface area contributed by atoms with Crippen LogP contribution in [0.25, 0.3) is 0 Å². The molecule has 2 saturated heterocycles. The Balaban J connectivity index is 1.41. The van der Waals surface area contributed by atoms with Crippen molar-refractivity contribution in [1.29, 1.82) is 0 Å². The second kappa shape index (κ2) is 6.96. The van der Waals surface area contributed by atoms with Gasteiger partial charge in [-0.2, -0.15) is 4.98 Å². The Morgan fingerprint density at radius 2 is 1.84 bits per heavy atom. The molecule has 6 nitrogen and oxygen atoms in total. The van der Waals surface area contributed by atoms with E-state index in [4.69, 9.17) is 4.52 Å². The number of aromatic nitrogens is 2. The van der Waals surface area contributed by atoms with Crippen LogP contribution in [-0.4, -0.2) is 46.6 Å². The number of amides is 1. The number of anilines is 1. The number of hydrogen-bond acceptors (Lipinski definition) is 5. The molecule has 0 unspecified atom stereocenters. The molecule has 2 aliphatic heterocycles. The molecule has 0 bridgehead atoms. The lowest BCUT2D eigenvalue weighted by Gasteiger charge is -2.41. The molecule has 2 aromatic rings. The Bertz CT molecular complexity index is 722. The molecule has 2 aliphatic rings. The number of aryl methyl sites for hydroxylation is 1. The summed E-state index contributed by atoms with van der Waals surface area (Å²) in [4.78, 5) is 21.7. The Morgan fingerprint density at radius 1 is 1.08 bits per heavy atom. The fraction of sp³-hybridized carbons (Fsp3) is 0.526. The van der Waals surface area contributed by atoms with Gasteiger partial charge in [0.1, 0.15) is 0 Å². The van der Waals surface area contributed by atoms with Crippen LogP contribution in [0.4, 0.5) is 5.69 Å². The zero-order chi connectivity index (χ0) is 17.2. The fourth-order valence-corrected chi connectivity index (χ4v) is 4.01. The molecule has 0 aliphatic carbocycles. The molecule has 2 fully saturated rings. The first kappa shape index (κ1) is 16.3. The van der Waals surface area contributed by atoms with Crippen molar-refractivity contribution < 1.29 is 9.32 Å². The van der Waals surface area contributed by atoms with Crippen LogP contribution in [-0.2, 0) is 4.79 Å². The van der Waals surface area contributed by atoms with Gasteiger partial charge >= 0.3 is 0 Å². The highest BCUT2D eigenvalue weighted by atomic mass is 16.5. The van der Waals surface area contributed by atoms with Gasteiger partial charge in [-0.3, -0.25) is 9.69 Å². The van der Waals surface area contributed by atoms with Gasteiger partial charge in [-0.25, -0.2) is 0 Å². The molecule has 4 rings (SSSR count). The molecule has 1 atom stereocenters. The first-order valence-corrected chi connectivity index (χ1v) is 9.13. The third kappa shape index (κ3) is 3.31. The van der Waals surface area contributed by atoms with Crippen molar-refractivity contribution in [1.82, 2.24) is 15.0 Å². The zero-order valence-electron chi connectivity index (χ0n) is 14.6. The zero-order valence-corrected chi connectivity index (χ0v) is 14.6. The SMILES string of the molecule is Cc1nc(C2CCN([C@H]3CCCN(c4ccccc4)C3=O)CC2)no1. The first-order chi connectivity index (χ1) is 12.2. The number of carbonyl (C=O) groups is 1. The number of nitrogens with zero attached hydrogens (tertiary/aromatic N) is 4. The van der Waals surface area contributed by atoms with E-state index in [1.165, 1.54) is 0 Å². The Morgan fingerprint density at radius 3 is 2.52 bits per heavy atom. The summed E-state index contributed by atoms with van der Waals surface area (Å²) in [5.41, 5.74) is 1.01. The van der Waals surface area contributed by atoms with E-state index in [-0.39, 0.29) is 11.9 Å². The number of hydrogen-bond donors (Lipinski definition) is 0. The maximum Gasteiger partial charge on any atom is 0.244 e. The highest BCUT2D eigenvalue weighted by Gasteiger charge is 2.36. The van der Waals surface area contributed by atoms with Gasteiger partial charge in [0, 0.05) is 25.1 Å². The van der Waals surface area contributed by atoms with Crippen molar-refractivity contribution in [2.75, 3.05) is 24.5 Å². The Labute approximate surface area is 147 Å². The summed E-state index contributed by atoms with van der Waals surface area (Å²) >= 11 is 0. The number of rotatable bonds is 3. The minimum atomic E-state index is 0.00177. The summed E-state index contributed by atoms with van der Waals surface area (Å²) < 4.78 is 5.11. The normalized spacial score (nSPS) is 23.2. The summed E-state index contributed by atoms with van der Waals surface area (Å²) in [5, 5.41) is 4.06. The summed E-state index contributed by atoms with van der Waals surface area (Å²) in [7, 11) is 0. The molecule has 0 N–H and O–H groups in total. The molecule has 0 saturated carbocycles. The predicted octanol–water partition coefficient (Wildman–Crippen LogP) is 2.75. The van der Waals surface area contributed by atoms with Crippen molar-refractivity contribution >= 4 is 11.6 Å². The molecule has 3 heterocycles. The van der Waals surface area contributed by atoms with Crippen molar-refractivity contribution in [2.24, 2.45) is 0 Å². The topological polar surface area (TPSA) is 62.5 Å². The fourth-order valence-electron chi connectivity index (χ4n) is 4.01. The average molecular weight is 340 g/mol. The molecule has 25 heavy (non-hydrogen) atoms. The van der Waals surface area contributed by atoms with E-state index in [9.17, 15) is 4.79 Å². The predicted molar refractivity (Wildman–Crippen MR) is 94.4 cm³/mol. The number of piperidine rings is 2. The maximum atomic E-state index is 13.0. The van der Waals surface area contributed by atoms with E-state index < -0.39 is 0 Å². The lowest BCUT2D eigenvalue weighted by molar-refractivity contribution is -0.125. The van der Waals surface area contributed by atoms with E-state index >= 15 is 0 Å². The smallest absolute Gasteiger partial charge is 0.244 e. The van der Waals surface area contributed by atoms with Crippen molar-refractivity contribution in [3.63, 3.8) is 0 Å². The van der Waals surface area contributed by atoms with Gasteiger partial charge in [0.05, 0.1) is 6.04 Å². The quantitative estimate of drug-likeness (QED) is 0.860. The Kier molecular flexibility index (Phi) is 4.53. The number of likely N-dealkylation sites (tertiary alicyclic amines) is 1. The summed E-state index contributed by atoms with van der Waals surface area (Å²) in [6.45, 7) is 4.47. The van der Waals surface area contributed by atoms with Crippen molar-refractivity contribution in [3.8, 4) is 0 Å². The molecule has 1 aromatic carbocycles. The maximum absolute atomic E-state index is 13.0. The van der Waals surface area contributed by atoms with Crippen LogP contribution in [0.2, 0.25) is 0 Å². The monoisotopic (exact) mass is 340 g/mol. The minimum Gasteiger partial charge on any atom is -0.340 e. The van der Waals surface area contributed by atoms with Gasteiger partial charge in [-0.05, 0) is 50.9 Å². The van der Waals surface area contributed by atoms with Gasteiger partial charge in [-0.1, -0.05) is 23.4 Å². The third-order valence-corrected chi connectivity index (χ3v) is 5.36. The van der Waals surface area contributed by atoms with Gasteiger partial charge < -0.3 is 9.42 Å². The van der Waals surface area contributed by atoms with E-state index in [2.05, 4.69) is 15.0 Å². The number of benzene rings is 1. The van der Waals surface area contributed by atoms with Gasteiger partial charge in [0.15, 0.2) is 5.82 Å². The van der Waals surface area contributed by atoms with E-state index in [1.807, 2.05) is 42.2 Å². The van der Waals surface area contributed by atoms with Crippen LogP contribution in [0.5, 0.6) is 0 Å². The molecule has 6 heteroatoms. The second-order valence-corrected chi connectivity index (χ2v) is 6.97. The third-order valence-electron chi connectivity index (χ3n) is 5.36. The lowest BCUT2D eigenvalue weighted by Crippen LogP contribution is -2.54. The largest absolute Gasteiger partial charge is 0.340 e. The lowest BCUT2D eigenvalue weighted by atomic mass is 9.93. The molecule has 1 aromatic heterocycles. The van der Waals surface area contributed by atoms with Crippen molar-refractivity contribution in [3.05, 3.63) is 42.0 Å². The summed E-state index contributed by atoms with van der Waals surface area (Å²) in [5.74, 6) is 2.03. The van der Waals surface area contributed by atoms with Crippen molar-refractivity contribution in [2.45, 2.75) is 44.6 Å². The van der Waals surface area contributed by atoms with Crippen LogP contribution in [0.15, 0.2) is 34.9 Å². The molecule has 0 radical (unpaired) electrons. The highest BCUT2D eigenvalue weighted by molar-refractivity contribution is 5.97. The molecular formula is C19H24N4O2. The first-order valence-electron chi connectivity index (χ1n) is 9.13.